The molecular weight excluding hydrogens is 230 g/mol. The highest BCUT2D eigenvalue weighted by molar-refractivity contribution is 5.85. The van der Waals surface area contributed by atoms with Crippen LogP contribution in [0.3, 0.4) is 0 Å². The van der Waals surface area contributed by atoms with Crippen LogP contribution in [-0.4, -0.2) is 13.1 Å². The first kappa shape index (κ1) is 14.5. The second kappa shape index (κ2) is 7.03. The average molecular weight is 254 g/mol. The molecule has 1 aromatic rings. The molecule has 1 nitrogen and oxygen atoms in total. The van der Waals surface area contributed by atoms with Crippen molar-refractivity contribution in [3.8, 4) is 0 Å². The molecule has 0 atom stereocenters. The minimum Gasteiger partial charge on any atom is -0.316 e. The van der Waals surface area contributed by atoms with Crippen molar-refractivity contribution in [2.24, 2.45) is 0 Å². The highest BCUT2D eigenvalue weighted by Crippen LogP contribution is 2.38. The molecule has 1 aliphatic carbocycles. The van der Waals surface area contributed by atoms with Gasteiger partial charge in [0.2, 0.25) is 0 Å². The molecule has 0 aliphatic heterocycles. The van der Waals surface area contributed by atoms with Crippen LogP contribution in [0.15, 0.2) is 30.3 Å². The lowest BCUT2D eigenvalue weighted by Crippen LogP contribution is -2.39. The topological polar surface area (TPSA) is 12.0 Å². The Hall–Kier alpha value is -0.530. The van der Waals surface area contributed by atoms with E-state index in [2.05, 4.69) is 42.6 Å². The molecular formula is C15H24ClN. The molecule has 1 aromatic carbocycles. The average Bonchev–Trinajstić information content (AvgIpc) is 2.38. The van der Waals surface area contributed by atoms with E-state index in [0.717, 1.165) is 13.1 Å². The van der Waals surface area contributed by atoms with Crippen LogP contribution in [0.5, 0.6) is 0 Å². The molecule has 17 heavy (non-hydrogen) atoms. The van der Waals surface area contributed by atoms with Gasteiger partial charge in [0, 0.05) is 12.0 Å². The first-order valence-corrected chi connectivity index (χ1v) is 6.64. The number of halogens is 1. The van der Waals surface area contributed by atoms with Crippen molar-refractivity contribution in [2.75, 3.05) is 13.1 Å². The predicted octanol–water partition coefficient (Wildman–Crippen LogP) is 3.92. The van der Waals surface area contributed by atoms with Crippen LogP contribution in [0.2, 0.25) is 0 Å². The van der Waals surface area contributed by atoms with E-state index < -0.39 is 0 Å². The highest BCUT2D eigenvalue weighted by Gasteiger charge is 2.32. The lowest BCUT2D eigenvalue weighted by molar-refractivity contribution is 0.282. The third kappa shape index (κ3) is 3.46. The second-order valence-electron chi connectivity index (χ2n) is 4.99. The van der Waals surface area contributed by atoms with Gasteiger partial charge in [0.1, 0.15) is 0 Å². The highest BCUT2D eigenvalue weighted by atomic mass is 35.5. The predicted molar refractivity (Wildman–Crippen MR) is 77.0 cm³/mol. The standard InChI is InChI=1S/C15H23N.ClH/c1-2-16-13-15(11-7-4-8-12-15)14-9-5-3-6-10-14;/h3,5-6,9-10,16H,2,4,7-8,11-13H2,1H3;1H. The summed E-state index contributed by atoms with van der Waals surface area (Å²) in [5.41, 5.74) is 1.95. The Balaban J connectivity index is 0.00000144. The zero-order chi connectivity index (χ0) is 11.3. The number of likely N-dealkylation sites (N-methyl/N-ethyl adjacent to an activating group) is 1. The maximum atomic E-state index is 3.56. The quantitative estimate of drug-likeness (QED) is 0.858. The maximum absolute atomic E-state index is 3.56. The number of benzene rings is 1. The van der Waals surface area contributed by atoms with Crippen LogP contribution in [0.4, 0.5) is 0 Å². The van der Waals surface area contributed by atoms with E-state index in [4.69, 9.17) is 0 Å². The molecule has 0 heterocycles. The van der Waals surface area contributed by atoms with Crippen LogP contribution >= 0.6 is 12.4 Å². The summed E-state index contributed by atoms with van der Waals surface area (Å²) in [4.78, 5) is 0. The smallest absolute Gasteiger partial charge is 0.00777 e. The molecule has 0 aromatic heterocycles. The van der Waals surface area contributed by atoms with Crippen molar-refractivity contribution in [2.45, 2.75) is 44.4 Å². The van der Waals surface area contributed by atoms with E-state index in [0.29, 0.717) is 5.41 Å². The maximum Gasteiger partial charge on any atom is 0.00777 e. The molecule has 0 spiro atoms. The summed E-state index contributed by atoms with van der Waals surface area (Å²) in [5.74, 6) is 0. The number of rotatable bonds is 4. The lowest BCUT2D eigenvalue weighted by atomic mass is 9.69. The molecule has 96 valence electrons. The summed E-state index contributed by atoms with van der Waals surface area (Å²) in [7, 11) is 0. The third-order valence-electron chi connectivity index (χ3n) is 3.91. The second-order valence-corrected chi connectivity index (χ2v) is 4.99. The summed E-state index contributed by atoms with van der Waals surface area (Å²) in [5, 5.41) is 3.56. The monoisotopic (exact) mass is 253 g/mol. The Morgan fingerprint density at radius 2 is 1.71 bits per heavy atom. The number of nitrogens with one attached hydrogen (secondary N) is 1. The summed E-state index contributed by atoms with van der Waals surface area (Å²) >= 11 is 0. The zero-order valence-electron chi connectivity index (χ0n) is 10.7. The van der Waals surface area contributed by atoms with Gasteiger partial charge in [-0.3, -0.25) is 0 Å². The van der Waals surface area contributed by atoms with E-state index in [1.807, 2.05) is 0 Å². The molecule has 0 saturated heterocycles. The molecule has 1 saturated carbocycles. The SMILES string of the molecule is CCNCC1(c2ccccc2)CCCCC1.Cl. The Bertz CT molecular complexity index is 304. The van der Waals surface area contributed by atoms with Crippen LogP contribution in [0.1, 0.15) is 44.6 Å². The summed E-state index contributed by atoms with van der Waals surface area (Å²) in [6.07, 6.45) is 6.90. The van der Waals surface area contributed by atoms with E-state index in [1.54, 1.807) is 0 Å². The minimum absolute atomic E-state index is 0. The van der Waals surface area contributed by atoms with Crippen molar-refractivity contribution in [1.82, 2.24) is 5.32 Å². The third-order valence-corrected chi connectivity index (χ3v) is 3.91. The van der Waals surface area contributed by atoms with E-state index in [-0.39, 0.29) is 12.4 Å². The van der Waals surface area contributed by atoms with Gasteiger partial charge in [0.05, 0.1) is 0 Å². The van der Waals surface area contributed by atoms with Gasteiger partial charge in [0.25, 0.3) is 0 Å². The van der Waals surface area contributed by atoms with Gasteiger partial charge >= 0.3 is 0 Å². The molecule has 0 unspecified atom stereocenters. The Labute approximate surface area is 111 Å². The van der Waals surface area contributed by atoms with E-state index in [9.17, 15) is 0 Å². The fourth-order valence-electron chi connectivity index (χ4n) is 2.95. The van der Waals surface area contributed by atoms with Crippen LogP contribution in [0.25, 0.3) is 0 Å². The Kier molecular flexibility index (Phi) is 6.01. The molecule has 1 fully saturated rings. The van der Waals surface area contributed by atoms with Crippen LogP contribution in [-0.2, 0) is 5.41 Å². The lowest BCUT2D eigenvalue weighted by Gasteiger charge is -2.38. The summed E-state index contributed by atoms with van der Waals surface area (Å²) in [6, 6.07) is 11.1. The van der Waals surface area contributed by atoms with Crippen molar-refractivity contribution in [3.05, 3.63) is 35.9 Å². The van der Waals surface area contributed by atoms with Gasteiger partial charge < -0.3 is 5.32 Å². The largest absolute Gasteiger partial charge is 0.316 e. The molecule has 0 bridgehead atoms. The van der Waals surface area contributed by atoms with E-state index in [1.165, 1.54) is 37.7 Å². The minimum atomic E-state index is 0. The van der Waals surface area contributed by atoms with Crippen molar-refractivity contribution in [1.29, 1.82) is 0 Å². The van der Waals surface area contributed by atoms with Gasteiger partial charge in [0.15, 0.2) is 0 Å². The van der Waals surface area contributed by atoms with Gasteiger partial charge in [-0.1, -0.05) is 56.5 Å². The Morgan fingerprint density at radius 3 is 2.29 bits per heavy atom. The van der Waals surface area contributed by atoms with Gasteiger partial charge in [-0.15, -0.1) is 12.4 Å². The van der Waals surface area contributed by atoms with Crippen LogP contribution < -0.4 is 5.32 Å². The van der Waals surface area contributed by atoms with Crippen LogP contribution in [0, 0.1) is 0 Å². The first-order chi connectivity index (χ1) is 7.87. The van der Waals surface area contributed by atoms with Gasteiger partial charge in [-0.2, -0.15) is 0 Å². The number of hydrogen-bond donors (Lipinski definition) is 1. The first-order valence-electron chi connectivity index (χ1n) is 6.64. The fourth-order valence-corrected chi connectivity index (χ4v) is 2.95. The molecule has 1 aliphatic rings. The van der Waals surface area contributed by atoms with Gasteiger partial charge in [-0.05, 0) is 24.9 Å². The molecule has 2 rings (SSSR count). The normalized spacial score (nSPS) is 18.4. The molecule has 0 amide bonds. The van der Waals surface area contributed by atoms with Crippen molar-refractivity contribution in [3.63, 3.8) is 0 Å². The molecule has 2 heteroatoms. The number of hydrogen-bond acceptors (Lipinski definition) is 1. The summed E-state index contributed by atoms with van der Waals surface area (Å²) < 4.78 is 0. The Morgan fingerprint density at radius 1 is 1.06 bits per heavy atom. The van der Waals surface area contributed by atoms with Crippen molar-refractivity contribution >= 4 is 12.4 Å². The molecule has 0 radical (unpaired) electrons. The van der Waals surface area contributed by atoms with Crippen molar-refractivity contribution < 1.29 is 0 Å². The molecule has 1 N–H and O–H groups in total. The fraction of sp³-hybridized carbons (Fsp3) is 0.600. The van der Waals surface area contributed by atoms with Gasteiger partial charge in [-0.25, -0.2) is 0 Å². The summed E-state index contributed by atoms with van der Waals surface area (Å²) in [6.45, 7) is 4.42. The zero-order valence-corrected chi connectivity index (χ0v) is 11.6. The van der Waals surface area contributed by atoms with E-state index >= 15 is 0 Å².